The fourth-order valence-electron chi connectivity index (χ4n) is 1.57. The second-order valence-electron chi connectivity index (χ2n) is 4.06. The molecule has 1 N–H and O–H groups in total. The first-order valence-electron chi connectivity index (χ1n) is 6.01. The van der Waals surface area contributed by atoms with Crippen molar-refractivity contribution < 1.29 is 0 Å². The molecular formula is C14H15Cl2NS2. The van der Waals surface area contributed by atoms with Gasteiger partial charge in [-0.25, -0.2) is 0 Å². The molecule has 0 unspecified atom stereocenters. The standard InChI is InChI=1S/C14H15Cl2NS2/c15-12-3-1-11(2-4-12)10-18-8-7-17-9-13-5-6-14(16)19-13/h1-6,17H,7-10H2. The van der Waals surface area contributed by atoms with Gasteiger partial charge in [-0.15, -0.1) is 11.3 Å². The largest absolute Gasteiger partial charge is 0.311 e. The third-order valence-electron chi connectivity index (χ3n) is 2.53. The second kappa shape index (κ2) is 8.18. The normalized spacial score (nSPS) is 10.8. The predicted octanol–water partition coefficient (Wildman–Crippen LogP) is 5.08. The summed E-state index contributed by atoms with van der Waals surface area (Å²) in [6.07, 6.45) is 0. The third-order valence-corrected chi connectivity index (χ3v) is 5.05. The lowest BCUT2D eigenvalue weighted by Crippen LogP contribution is -2.15. The summed E-state index contributed by atoms with van der Waals surface area (Å²) in [4.78, 5) is 1.28. The van der Waals surface area contributed by atoms with Crippen LogP contribution >= 0.6 is 46.3 Å². The zero-order chi connectivity index (χ0) is 13.5. The second-order valence-corrected chi connectivity index (χ2v) is 7.40. The van der Waals surface area contributed by atoms with Crippen LogP contribution in [-0.2, 0) is 12.3 Å². The Morgan fingerprint density at radius 2 is 1.84 bits per heavy atom. The van der Waals surface area contributed by atoms with Crippen LogP contribution in [0.15, 0.2) is 36.4 Å². The maximum absolute atomic E-state index is 5.88. The average molecular weight is 332 g/mol. The van der Waals surface area contributed by atoms with E-state index in [4.69, 9.17) is 23.2 Å². The molecule has 0 fully saturated rings. The van der Waals surface area contributed by atoms with Gasteiger partial charge in [0, 0.05) is 34.5 Å². The third kappa shape index (κ3) is 5.76. The smallest absolute Gasteiger partial charge is 0.0931 e. The fourth-order valence-corrected chi connectivity index (χ4v) is 3.62. The van der Waals surface area contributed by atoms with Crippen LogP contribution in [0.5, 0.6) is 0 Å². The van der Waals surface area contributed by atoms with Crippen LogP contribution in [0.1, 0.15) is 10.4 Å². The van der Waals surface area contributed by atoms with E-state index in [9.17, 15) is 0 Å². The van der Waals surface area contributed by atoms with Gasteiger partial charge in [0.05, 0.1) is 4.34 Å². The van der Waals surface area contributed by atoms with E-state index in [1.807, 2.05) is 30.0 Å². The van der Waals surface area contributed by atoms with Crippen molar-refractivity contribution in [1.29, 1.82) is 0 Å². The molecule has 0 saturated carbocycles. The Morgan fingerprint density at radius 1 is 1.05 bits per heavy atom. The summed E-state index contributed by atoms with van der Waals surface area (Å²) in [5, 5.41) is 4.22. The van der Waals surface area contributed by atoms with Crippen LogP contribution < -0.4 is 5.32 Å². The number of hydrogen-bond acceptors (Lipinski definition) is 3. The molecule has 0 aliphatic rings. The van der Waals surface area contributed by atoms with E-state index < -0.39 is 0 Å². The maximum atomic E-state index is 5.88. The first-order chi connectivity index (χ1) is 9.24. The molecule has 0 spiro atoms. The Balaban J connectivity index is 1.56. The van der Waals surface area contributed by atoms with Gasteiger partial charge < -0.3 is 5.32 Å². The minimum absolute atomic E-state index is 0.796. The van der Waals surface area contributed by atoms with Gasteiger partial charge in [0.1, 0.15) is 0 Å². The van der Waals surface area contributed by atoms with Crippen LogP contribution in [0.3, 0.4) is 0 Å². The van der Waals surface area contributed by atoms with Gasteiger partial charge in [-0.2, -0.15) is 11.8 Å². The molecule has 2 rings (SSSR count). The molecule has 1 aromatic heterocycles. The monoisotopic (exact) mass is 331 g/mol. The summed E-state index contributed by atoms with van der Waals surface area (Å²) in [6.45, 7) is 1.91. The highest BCUT2D eigenvalue weighted by molar-refractivity contribution is 7.98. The number of benzene rings is 1. The van der Waals surface area contributed by atoms with Crippen molar-refractivity contribution in [1.82, 2.24) is 5.32 Å². The Labute approximate surface area is 132 Å². The molecule has 5 heteroatoms. The van der Waals surface area contributed by atoms with Gasteiger partial charge in [0.25, 0.3) is 0 Å². The van der Waals surface area contributed by atoms with Crippen molar-refractivity contribution in [3.8, 4) is 0 Å². The molecule has 1 nitrogen and oxygen atoms in total. The van der Waals surface area contributed by atoms with Gasteiger partial charge in [0.15, 0.2) is 0 Å². The van der Waals surface area contributed by atoms with E-state index >= 15 is 0 Å². The molecule has 0 radical (unpaired) electrons. The lowest BCUT2D eigenvalue weighted by Gasteiger charge is -2.04. The van der Waals surface area contributed by atoms with Crippen molar-refractivity contribution in [2.24, 2.45) is 0 Å². The van der Waals surface area contributed by atoms with Gasteiger partial charge in [-0.1, -0.05) is 35.3 Å². The Kier molecular flexibility index (Phi) is 6.54. The highest BCUT2D eigenvalue weighted by Crippen LogP contribution is 2.21. The van der Waals surface area contributed by atoms with Crippen LogP contribution in [0.2, 0.25) is 9.36 Å². The molecule has 102 valence electrons. The highest BCUT2D eigenvalue weighted by atomic mass is 35.5. The number of hydrogen-bond donors (Lipinski definition) is 1. The number of rotatable bonds is 7. The highest BCUT2D eigenvalue weighted by Gasteiger charge is 1.98. The number of halogens is 2. The predicted molar refractivity (Wildman–Crippen MR) is 88.6 cm³/mol. The maximum Gasteiger partial charge on any atom is 0.0931 e. The minimum atomic E-state index is 0.796. The fraction of sp³-hybridized carbons (Fsp3) is 0.286. The molecular weight excluding hydrogens is 317 g/mol. The average Bonchev–Trinajstić information content (AvgIpc) is 2.81. The van der Waals surface area contributed by atoms with Gasteiger partial charge >= 0.3 is 0 Å². The molecule has 0 aliphatic heterocycles. The van der Waals surface area contributed by atoms with Crippen molar-refractivity contribution in [2.75, 3.05) is 12.3 Å². The van der Waals surface area contributed by atoms with Crippen molar-refractivity contribution in [2.45, 2.75) is 12.3 Å². The van der Waals surface area contributed by atoms with E-state index in [1.54, 1.807) is 11.3 Å². The van der Waals surface area contributed by atoms with Gasteiger partial charge in [-0.3, -0.25) is 0 Å². The molecule has 1 aromatic carbocycles. The van der Waals surface area contributed by atoms with Crippen molar-refractivity contribution >= 4 is 46.3 Å². The number of thiophene rings is 1. The van der Waals surface area contributed by atoms with Crippen LogP contribution in [-0.4, -0.2) is 12.3 Å². The SMILES string of the molecule is Clc1ccc(CSCCNCc2ccc(Cl)s2)cc1. The Hall–Kier alpha value is -0.190. The number of nitrogens with one attached hydrogen (secondary N) is 1. The molecule has 0 saturated heterocycles. The topological polar surface area (TPSA) is 12.0 Å². The zero-order valence-electron chi connectivity index (χ0n) is 10.4. The summed E-state index contributed by atoms with van der Waals surface area (Å²) in [5.74, 6) is 2.13. The summed E-state index contributed by atoms with van der Waals surface area (Å²) in [5.41, 5.74) is 1.32. The molecule has 0 amide bonds. The lowest BCUT2D eigenvalue weighted by atomic mass is 10.2. The van der Waals surface area contributed by atoms with E-state index in [1.165, 1.54) is 10.4 Å². The zero-order valence-corrected chi connectivity index (χ0v) is 13.5. The quantitative estimate of drug-likeness (QED) is 0.710. The van der Waals surface area contributed by atoms with Gasteiger partial charge in [0.2, 0.25) is 0 Å². The first kappa shape index (κ1) is 15.2. The number of thioether (sulfide) groups is 1. The summed E-state index contributed by atoms with van der Waals surface area (Å²) in [7, 11) is 0. The molecule has 0 aliphatic carbocycles. The van der Waals surface area contributed by atoms with E-state index in [0.29, 0.717) is 0 Å². The molecule has 1 heterocycles. The van der Waals surface area contributed by atoms with E-state index in [2.05, 4.69) is 23.5 Å². The van der Waals surface area contributed by atoms with Gasteiger partial charge in [-0.05, 0) is 29.8 Å². The Morgan fingerprint density at radius 3 is 2.53 bits per heavy atom. The Bertz CT molecular complexity index is 496. The summed E-state index contributed by atoms with van der Waals surface area (Å²) < 4.78 is 0.855. The van der Waals surface area contributed by atoms with Crippen LogP contribution in [0.4, 0.5) is 0 Å². The summed E-state index contributed by atoms with van der Waals surface area (Å²) in [6, 6.07) is 12.1. The van der Waals surface area contributed by atoms with Crippen LogP contribution in [0.25, 0.3) is 0 Å². The lowest BCUT2D eigenvalue weighted by molar-refractivity contribution is 0.741. The molecule has 2 aromatic rings. The molecule has 0 bridgehead atoms. The minimum Gasteiger partial charge on any atom is -0.311 e. The summed E-state index contributed by atoms with van der Waals surface area (Å²) >= 11 is 15.3. The van der Waals surface area contributed by atoms with Crippen molar-refractivity contribution in [3.63, 3.8) is 0 Å². The molecule has 19 heavy (non-hydrogen) atoms. The van der Waals surface area contributed by atoms with Crippen molar-refractivity contribution in [3.05, 3.63) is 56.2 Å². The van der Waals surface area contributed by atoms with Crippen LogP contribution in [0, 0.1) is 0 Å². The van der Waals surface area contributed by atoms with E-state index in [0.717, 1.165) is 34.0 Å². The first-order valence-corrected chi connectivity index (χ1v) is 8.74. The molecule has 0 atom stereocenters. The van der Waals surface area contributed by atoms with E-state index in [-0.39, 0.29) is 0 Å².